The van der Waals surface area contributed by atoms with Crippen LogP contribution in [0.25, 0.3) is 0 Å². The summed E-state index contributed by atoms with van der Waals surface area (Å²) < 4.78 is 29.2. The van der Waals surface area contributed by atoms with Gasteiger partial charge in [-0.1, -0.05) is 24.6 Å². The van der Waals surface area contributed by atoms with Crippen LogP contribution in [0.3, 0.4) is 0 Å². The van der Waals surface area contributed by atoms with E-state index in [-0.39, 0.29) is 53.4 Å². The third-order valence-electron chi connectivity index (χ3n) is 7.21. The molecule has 2 fully saturated rings. The smallest absolute Gasteiger partial charge is 0.303 e. The van der Waals surface area contributed by atoms with Crippen molar-refractivity contribution in [3.63, 3.8) is 0 Å². The normalized spacial score (nSPS) is 23.8. The number of aliphatic carboxylic acids is 1. The number of anilines is 1. The quantitative estimate of drug-likeness (QED) is 0.620. The largest absolute Gasteiger partial charge is 0.508 e. The van der Waals surface area contributed by atoms with Gasteiger partial charge < -0.3 is 15.1 Å². The molecular weight excluding hydrogens is 456 g/mol. The van der Waals surface area contributed by atoms with Gasteiger partial charge in [-0.3, -0.25) is 13.9 Å². The number of nitrogens with zero attached hydrogens (tertiary/aromatic N) is 2. The molecule has 2 N–H and O–H groups in total. The van der Waals surface area contributed by atoms with Gasteiger partial charge in [0.25, 0.3) is 10.0 Å². The van der Waals surface area contributed by atoms with E-state index >= 15 is 0 Å². The second-order valence-corrected chi connectivity index (χ2v) is 11.2. The number of benzene rings is 2. The van der Waals surface area contributed by atoms with Crippen LogP contribution >= 0.6 is 0 Å². The molecule has 2 saturated carbocycles. The Bertz CT molecular complexity index is 1210. The minimum Gasteiger partial charge on any atom is -0.508 e. The molecule has 2 aliphatic carbocycles. The van der Waals surface area contributed by atoms with E-state index in [0.29, 0.717) is 12.1 Å². The highest BCUT2D eigenvalue weighted by Crippen LogP contribution is 2.53. The van der Waals surface area contributed by atoms with E-state index in [1.807, 2.05) is 17.0 Å². The summed E-state index contributed by atoms with van der Waals surface area (Å²) in [5.41, 5.74) is 1.36. The fourth-order valence-corrected chi connectivity index (χ4v) is 7.40. The molecule has 1 amide bonds. The van der Waals surface area contributed by atoms with Crippen LogP contribution in [0.15, 0.2) is 53.4 Å². The molecule has 1 aliphatic heterocycles. The fourth-order valence-electron chi connectivity index (χ4n) is 5.65. The standard InChI is InChI=1S/C25H28N2O6S/c28-17-10-12-18(13-11-17)34(32,33)27-21-6-2-1-4-19(21)25(20-5-3-7-22(20)27)26(16-8-9-16)23(29)14-15-24(30)31/h1-2,4,6,10-13,16,20,22,25,28H,3,5,7-9,14-15H2,(H,30,31). The van der Waals surface area contributed by atoms with E-state index in [2.05, 4.69) is 0 Å². The highest BCUT2D eigenvalue weighted by atomic mass is 32.2. The third-order valence-corrected chi connectivity index (χ3v) is 9.06. The highest BCUT2D eigenvalue weighted by molar-refractivity contribution is 7.92. The summed E-state index contributed by atoms with van der Waals surface area (Å²) in [5, 5.41) is 18.7. The molecule has 8 nitrogen and oxygen atoms in total. The summed E-state index contributed by atoms with van der Waals surface area (Å²) in [5.74, 6) is -1.25. The zero-order valence-electron chi connectivity index (χ0n) is 18.7. The predicted octanol–water partition coefficient (Wildman–Crippen LogP) is 3.67. The molecule has 3 unspecified atom stereocenters. The van der Waals surface area contributed by atoms with Gasteiger partial charge in [-0.05, 0) is 61.6 Å². The maximum atomic E-state index is 13.8. The molecule has 3 atom stereocenters. The summed E-state index contributed by atoms with van der Waals surface area (Å²) in [6.07, 6.45) is 3.82. The molecule has 0 saturated heterocycles. The third kappa shape index (κ3) is 3.91. The number of phenols is 1. The van der Waals surface area contributed by atoms with Crippen LogP contribution in [0, 0.1) is 5.92 Å². The summed E-state index contributed by atoms with van der Waals surface area (Å²) in [7, 11) is -3.90. The number of aromatic hydroxyl groups is 1. The van der Waals surface area contributed by atoms with Crippen LogP contribution < -0.4 is 4.31 Å². The maximum Gasteiger partial charge on any atom is 0.303 e. The van der Waals surface area contributed by atoms with Gasteiger partial charge in [-0.15, -0.1) is 0 Å². The molecule has 0 aromatic heterocycles. The lowest BCUT2D eigenvalue weighted by Gasteiger charge is -2.48. The van der Waals surface area contributed by atoms with E-state index < -0.39 is 16.0 Å². The molecule has 2 aromatic carbocycles. The average molecular weight is 485 g/mol. The first-order valence-corrected chi connectivity index (χ1v) is 13.2. The van der Waals surface area contributed by atoms with Crippen LogP contribution in [0.4, 0.5) is 5.69 Å². The van der Waals surface area contributed by atoms with Gasteiger partial charge in [0.05, 0.1) is 29.1 Å². The monoisotopic (exact) mass is 484 g/mol. The maximum absolute atomic E-state index is 13.8. The fraction of sp³-hybridized carbons (Fsp3) is 0.440. The lowest BCUT2D eigenvalue weighted by atomic mass is 9.82. The first-order valence-electron chi connectivity index (χ1n) is 11.7. The summed E-state index contributed by atoms with van der Waals surface area (Å²) in [6.45, 7) is 0. The Kier molecular flexibility index (Phi) is 5.75. The van der Waals surface area contributed by atoms with Crippen molar-refractivity contribution >= 4 is 27.6 Å². The highest BCUT2D eigenvalue weighted by Gasteiger charge is 2.52. The number of hydrogen-bond donors (Lipinski definition) is 2. The minimum atomic E-state index is -3.90. The van der Waals surface area contributed by atoms with Crippen molar-refractivity contribution in [2.24, 2.45) is 5.92 Å². The average Bonchev–Trinajstić information content (AvgIpc) is 3.53. The number of amides is 1. The van der Waals surface area contributed by atoms with Gasteiger partial charge in [-0.25, -0.2) is 8.42 Å². The molecule has 3 aliphatic rings. The number of carbonyl (C=O) groups excluding carboxylic acids is 1. The van der Waals surface area contributed by atoms with Gasteiger partial charge >= 0.3 is 5.97 Å². The number of carboxylic acids is 1. The number of para-hydroxylation sites is 1. The first-order chi connectivity index (χ1) is 16.3. The Morgan fingerprint density at radius 1 is 0.971 bits per heavy atom. The van der Waals surface area contributed by atoms with Crippen molar-refractivity contribution in [1.29, 1.82) is 0 Å². The first kappa shape index (κ1) is 22.7. The lowest BCUT2D eigenvalue weighted by molar-refractivity contribution is -0.142. The Hall–Kier alpha value is -3.07. The second-order valence-electron chi connectivity index (χ2n) is 9.39. The van der Waals surface area contributed by atoms with E-state index in [1.165, 1.54) is 28.6 Å². The Morgan fingerprint density at radius 3 is 2.35 bits per heavy atom. The van der Waals surface area contributed by atoms with Gasteiger partial charge in [0.2, 0.25) is 5.91 Å². The minimum absolute atomic E-state index is 0.00301. The molecule has 0 bridgehead atoms. The Balaban J connectivity index is 1.60. The predicted molar refractivity (Wildman–Crippen MR) is 125 cm³/mol. The van der Waals surface area contributed by atoms with E-state index in [1.54, 1.807) is 12.1 Å². The second kappa shape index (κ2) is 8.61. The Labute approximate surface area is 198 Å². The van der Waals surface area contributed by atoms with E-state index in [0.717, 1.165) is 31.2 Å². The lowest BCUT2D eigenvalue weighted by Crippen LogP contribution is -2.52. The molecule has 2 aromatic rings. The van der Waals surface area contributed by atoms with Crippen molar-refractivity contribution in [3.8, 4) is 5.75 Å². The topological polar surface area (TPSA) is 115 Å². The zero-order chi connectivity index (χ0) is 24.0. The molecular formula is C25H28N2O6S. The molecule has 34 heavy (non-hydrogen) atoms. The number of sulfonamides is 1. The Morgan fingerprint density at radius 2 is 1.68 bits per heavy atom. The van der Waals surface area contributed by atoms with Crippen LogP contribution in [-0.4, -0.2) is 47.5 Å². The molecule has 0 radical (unpaired) electrons. The number of phenolic OH excluding ortho intramolecular Hbond substituents is 1. The van der Waals surface area contributed by atoms with Crippen LogP contribution in [-0.2, 0) is 19.6 Å². The number of carbonyl (C=O) groups is 2. The van der Waals surface area contributed by atoms with Crippen molar-refractivity contribution in [2.45, 2.75) is 68.0 Å². The number of rotatable bonds is 7. The van der Waals surface area contributed by atoms with Crippen molar-refractivity contribution in [3.05, 3.63) is 54.1 Å². The summed E-state index contributed by atoms with van der Waals surface area (Å²) >= 11 is 0. The van der Waals surface area contributed by atoms with Crippen LogP contribution in [0.2, 0.25) is 0 Å². The number of carboxylic acid groups (broad SMARTS) is 1. The summed E-state index contributed by atoms with van der Waals surface area (Å²) in [6, 6.07) is 12.4. The van der Waals surface area contributed by atoms with E-state index in [9.17, 15) is 23.1 Å². The summed E-state index contributed by atoms with van der Waals surface area (Å²) in [4.78, 5) is 26.4. The van der Waals surface area contributed by atoms with Crippen LogP contribution in [0.1, 0.15) is 56.6 Å². The molecule has 1 heterocycles. The molecule has 0 spiro atoms. The number of hydrogen-bond acceptors (Lipinski definition) is 5. The van der Waals surface area contributed by atoms with Gasteiger partial charge in [-0.2, -0.15) is 0 Å². The zero-order valence-corrected chi connectivity index (χ0v) is 19.5. The van der Waals surface area contributed by atoms with Gasteiger partial charge in [0, 0.05) is 18.4 Å². The van der Waals surface area contributed by atoms with Gasteiger partial charge in [0.1, 0.15) is 5.75 Å². The van der Waals surface area contributed by atoms with Crippen molar-refractivity contribution in [1.82, 2.24) is 4.90 Å². The molecule has 5 rings (SSSR count). The SMILES string of the molecule is O=C(O)CCC(=O)N(C1CC1)C1c2ccccc2N(S(=O)(=O)c2ccc(O)cc2)C2CCCC12. The molecule has 9 heteroatoms. The van der Waals surface area contributed by atoms with E-state index in [4.69, 9.17) is 5.11 Å². The van der Waals surface area contributed by atoms with Crippen molar-refractivity contribution < 1.29 is 28.2 Å². The van der Waals surface area contributed by atoms with Crippen molar-refractivity contribution in [2.75, 3.05) is 4.31 Å². The number of fused-ring (bicyclic) bond motifs is 2. The van der Waals surface area contributed by atoms with Gasteiger partial charge in [0.15, 0.2) is 0 Å². The van der Waals surface area contributed by atoms with Crippen LogP contribution in [0.5, 0.6) is 5.75 Å². The molecule has 180 valence electrons.